The van der Waals surface area contributed by atoms with Gasteiger partial charge in [0.1, 0.15) is 0 Å². The number of anilines is 2. The second kappa shape index (κ2) is 9.86. The molecule has 4 aliphatic carbocycles. The zero-order chi connectivity index (χ0) is 32.0. The molecular formula is C34H24N4O8. The van der Waals surface area contributed by atoms with E-state index in [1.54, 1.807) is 0 Å². The molecule has 0 unspecified atom stereocenters. The highest BCUT2D eigenvalue weighted by Crippen LogP contribution is 2.63. The Kier molecular flexibility index (Phi) is 5.95. The molecule has 2 saturated heterocycles. The van der Waals surface area contributed by atoms with Crippen molar-refractivity contribution in [3.05, 3.63) is 122 Å². The Morgan fingerprint density at radius 3 is 1.67 bits per heavy atom. The number of carbonyl (C=O) groups excluding carboxylic acids is 4. The summed E-state index contributed by atoms with van der Waals surface area (Å²) in [6.45, 7) is 0. The molecule has 0 N–H and O–H groups in total. The highest BCUT2D eigenvalue weighted by atomic mass is 16.6. The van der Waals surface area contributed by atoms with Gasteiger partial charge in [-0.2, -0.15) is 0 Å². The van der Waals surface area contributed by atoms with Crippen molar-refractivity contribution >= 4 is 52.0 Å². The molecule has 2 bridgehead atoms. The van der Waals surface area contributed by atoms with Crippen molar-refractivity contribution < 1.29 is 29.0 Å². The number of hydrogen-bond acceptors (Lipinski definition) is 8. The van der Waals surface area contributed by atoms with E-state index in [0.717, 1.165) is 26.5 Å². The monoisotopic (exact) mass is 616 g/mol. The first-order valence-electron chi connectivity index (χ1n) is 14.9. The summed E-state index contributed by atoms with van der Waals surface area (Å²) in [4.78, 5) is 80.0. The lowest BCUT2D eigenvalue weighted by molar-refractivity contribution is -0.385. The highest BCUT2D eigenvalue weighted by molar-refractivity contribution is 6.24. The van der Waals surface area contributed by atoms with E-state index in [4.69, 9.17) is 0 Å². The maximum atomic E-state index is 14.3. The van der Waals surface area contributed by atoms with E-state index in [2.05, 4.69) is 0 Å². The second-order valence-electron chi connectivity index (χ2n) is 12.3. The number of nitro groups is 2. The van der Waals surface area contributed by atoms with Crippen LogP contribution in [-0.2, 0) is 19.2 Å². The Bertz CT molecular complexity index is 1950. The van der Waals surface area contributed by atoms with Crippen molar-refractivity contribution in [1.82, 2.24) is 0 Å². The van der Waals surface area contributed by atoms with Gasteiger partial charge in [-0.05, 0) is 47.7 Å². The Hall–Kier alpha value is -5.78. The summed E-state index contributed by atoms with van der Waals surface area (Å²) in [5.74, 6) is -6.26. The van der Waals surface area contributed by atoms with Crippen LogP contribution in [0.5, 0.6) is 0 Å². The maximum absolute atomic E-state index is 14.3. The third kappa shape index (κ3) is 3.73. The van der Waals surface area contributed by atoms with Gasteiger partial charge in [0, 0.05) is 36.1 Å². The normalized spacial score (nSPS) is 29.3. The molecule has 2 heterocycles. The number of non-ortho nitro benzene ring substituents is 2. The lowest BCUT2D eigenvalue weighted by Crippen LogP contribution is -2.51. The SMILES string of the molecule is O=C1[C@@H]2[C@H]3C=C[C@@H](C4=C(c5ccccc5)C[C@H]5C(=O)N(c6ccc([N+](=O)[O-])cc6)C(=O)[C@@H]5[C@H]43)[C@H]2C(=O)N1c1ccc([N+](=O)[O-])cc1. The number of rotatable bonds is 5. The lowest BCUT2D eigenvalue weighted by Gasteiger charge is -2.51. The minimum Gasteiger partial charge on any atom is -0.274 e. The quantitative estimate of drug-likeness (QED) is 0.172. The van der Waals surface area contributed by atoms with E-state index < -0.39 is 74.9 Å². The Morgan fingerprint density at radius 2 is 1.11 bits per heavy atom. The molecule has 12 nitrogen and oxygen atoms in total. The Balaban J connectivity index is 1.24. The first-order valence-corrected chi connectivity index (χ1v) is 14.9. The predicted octanol–water partition coefficient (Wildman–Crippen LogP) is 4.70. The van der Waals surface area contributed by atoms with Crippen molar-refractivity contribution in [2.75, 3.05) is 9.80 Å². The van der Waals surface area contributed by atoms with Crippen LogP contribution in [-0.4, -0.2) is 33.5 Å². The average molecular weight is 617 g/mol. The molecule has 4 amide bonds. The molecule has 3 aromatic rings. The fourth-order valence-electron chi connectivity index (χ4n) is 8.47. The topological polar surface area (TPSA) is 161 Å². The van der Waals surface area contributed by atoms with E-state index in [9.17, 15) is 39.4 Å². The van der Waals surface area contributed by atoms with E-state index in [0.29, 0.717) is 0 Å². The third-order valence-corrected chi connectivity index (χ3v) is 10.3. The van der Waals surface area contributed by atoms with Crippen LogP contribution in [0.25, 0.3) is 5.57 Å². The van der Waals surface area contributed by atoms with Gasteiger partial charge in [-0.15, -0.1) is 0 Å². The number of benzene rings is 3. The zero-order valence-electron chi connectivity index (χ0n) is 24.0. The number of hydrogen-bond donors (Lipinski definition) is 0. The molecule has 0 spiro atoms. The molecule has 46 heavy (non-hydrogen) atoms. The fourth-order valence-corrected chi connectivity index (χ4v) is 8.47. The van der Waals surface area contributed by atoms with Crippen molar-refractivity contribution in [3.8, 4) is 0 Å². The average Bonchev–Trinajstić information content (AvgIpc) is 3.50. The predicted molar refractivity (Wildman–Crippen MR) is 163 cm³/mol. The summed E-state index contributed by atoms with van der Waals surface area (Å²) in [7, 11) is 0. The number of nitrogens with zero attached hydrogens (tertiary/aromatic N) is 4. The van der Waals surface area contributed by atoms with Crippen LogP contribution in [0, 0.1) is 61.7 Å². The molecule has 3 aromatic carbocycles. The number of allylic oxidation sites excluding steroid dienone is 4. The summed E-state index contributed by atoms with van der Waals surface area (Å²) in [5.41, 5.74) is 2.78. The zero-order valence-corrected chi connectivity index (χ0v) is 24.0. The van der Waals surface area contributed by atoms with Crippen LogP contribution in [0.3, 0.4) is 0 Å². The number of imide groups is 2. The van der Waals surface area contributed by atoms with Gasteiger partial charge in [-0.1, -0.05) is 48.1 Å². The molecule has 12 heteroatoms. The summed E-state index contributed by atoms with van der Waals surface area (Å²) >= 11 is 0. The van der Waals surface area contributed by atoms with Gasteiger partial charge in [0.25, 0.3) is 11.4 Å². The van der Waals surface area contributed by atoms with Crippen LogP contribution in [0.4, 0.5) is 22.7 Å². The first kappa shape index (κ1) is 27.7. The molecule has 1 saturated carbocycles. The van der Waals surface area contributed by atoms with Crippen LogP contribution in [0.1, 0.15) is 12.0 Å². The molecule has 0 aromatic heterocycles. The minimum atomic E-state index is -0.792. The Morgan fingerprint density at radius 1 is 0.587 bits per heavy atom. The first-order chi connectivity index (χ1) is 22.2. The summed E-state index contributed by atoms with van der Waals surface area (Å²) in [5, 5.41) is 22.4. The van der Waals surface area contributed by atoms with Gasteiger partial charge in [0.05, 0.1) is 44.9 Å². The lowest BCUT2D eigenvalue weighted by atomic mass is 9.49. The molecule has 6 aliphatic rings. The van der Waals surface area contributed by atoms with Crippen molar-refractivity contribution in [2.24, 2.45) is 41.4 Å². The van der Waals surface area contributed by atoms with Gasteiger partial charge < -0.3 is 0 Å². The standard InChI is InChI=1S/C34H24N4O8/c39-31-25-16-24(17-4-2-1-3-5-17)26-22-14-15-23(27(26)30(25)34(42)35(31)18-6-10-20(11-7-18)37(43)44)29-28(22)32(40)36(33(29)41)19-8-12-21(13-9-19)38(45)46/h1-15,22-23,25,27-30H,16H2/t22-,23-,25+,27-,28+,29+,30-/m0/s1. The minimum absolute atomic E-state index is 0.168. The summed E-state index contributed by atoms with van der Waals surface area (Å²) in [6.07, 6.45) is 4.11. The smallest absolute Gasteiger partial charge is 0.269 e. The van der Waals surface area contributed by atoms with Gasteiger partial charge in [-0.25, -0.2) is 4.90 Å². The van der Waals surface area contributed by atoms with Crippen LogP contribution in [0.2, 0.25) is 0 Å². The van der Waals surface area contributed by atoms with Crippen molar-refractivity contribution in [2.45, 2.75) is 6.42 Å². The van der Waals surface area contributed by atoms with E-state index in [1.165, 1.54) is 48.5 Å². The molecule has 3 fully saturated rings. The molecule has 0 radical (unpaired) electrons. The number of nitro benzene ring substituents is 2. The molecule has 9 rings (SSSR count). The summed E-state index contributed by atoms with van der Waals surface area (Å²) in [6, 6.07) is 20.1. The van der Waals surface area contributed by atoms with E-state index >= 15 is 0 Å². The van der Waals surface area contributed by atoms with Gasteiger partial charge in [0.2, 0.25) is 23.6 Å². The van der Waals surface area contributed by atoms with Gasteiger partial charge in [-0.3, -0.25) is 44.3 Å². The van der Waals surface area contributed by atoms with Crippen molar-refractivity contribution in [1.29, 1.82) is 0 Å². The van der Waals surface area contributed by atoms with Gasteiger partial charge in [0.15, 0.2) is 0 Å². The maximum Gasteiger partial charge on any atom is 0.269 e. The fraction of sp³-hybridized carbons (Fsp3) is 0.235. The van der Waals surface area contributed by atoms with E-state index in [-0.39, 0.29) is 29.2 Å². The second-order valence-corrected chi connectivity index (χ2v) is 12.3. The molecule has 7 atom stereocenters. The largest absolute Gasteiger partial charge is 0.274 e. The summed E-state index contributed by atoms with van der Waals surface area (Å²) < 4.78 is 0. The van der Waals surface area contributed by atoms with Crippen LogP contribution < -0.4 is 9.80 Å². The third-order valence-electron chi connectivity index (χ3n) is 10.3. The van der Waals surface area contributed by atoms with Crippen LogP contribution in [0.15, 0.2) is 96.6 Å². The van der Waals surface area contributed by atoms with Gasteiger partial charge >= 0.3 is 0 Å². The van der Waals surface area contributed by atoms with Crippen molar-refractivity contribution in [3.63, 3.8) is 0 Å². The molecular weight excluding hydrogens is 592 g/mol. The number of amides is 4. The molecule has 228 valence electrons. The van der Waals surface area contributed by atoms with E-state index in [1.807, 2.05) is 42.5 Å². The molecule has 2 aliphatic heterocycles. The Labute approximate surface area is 260 Å². The number of carbonyl (C=O) groups is 4. The highest BCUT2D eigenvalue weighted by Gasteiger charge is 2.67. The van der Waals surface area contributed by atoms with Crippen LogP contribution >= 0.6 is 0 Å². The number of fused-ring (bicyclic) bond motifs is 1.